The molecule has 0 amide bonds. The van der Waals surface area contributed by atoms with Crippen molar-refractivity contribution < 1.29 is 8.78 Å². The lowest BCUT2D eigenvalue weighted by molar-refractivity contribution is 0.509. The van der Waals surface area contributed by atoms with Crippen molar-refractivity contribution >= 4 is 15.9 Å². The van der Waals surface area contributed by atoms with E-state index < -0.39 is 11.6 Å². The monoisotopic (exact) mass is 301 g/mol. The maximum atomic E-state index is 13.1. The average molecular weight is 302 g/mol. The highest BCUT2D eigenvalue weighted by molar-refractivity contribution is 9.10. The molecule has 0 unspecified atom stereocenters. The molecule has 1 aromatic heterocycles. The Bertz CT molecular complexity index is 540. The second-order valence-electron chi connectivity index (χ2n) is 3.53. The highest BCUT2D eigenvalue weighted by atomic mass is 79.9. The molecule has 0 saturated carbocycles. The van der Waals surface area contributed by atoms with Gasteiger partial charge in [-0.15, -0.1) is 0 Å². The van der Waals surface area contributed by atoms with E-state index in [1.165, 1.54) is 6.07 Å². The number of H-pyrrole nitrogens is 1. The van der Waals surface area contributed by atoms with E-state index in [-0.39, 0.29) is 0 Å². The summed E-state index contributed by atoms with van der Waals surface area (Å²) in [6.45, 7) is 0.484. The number of benzene rings is 1. The molecule has 3 nitrogen and oxygen atoms in total. The number of nitrogens with one attached hydrogen (secondary N) is 1. The zero-order chi connectivity index (χ0) is 12.4. The molecule has 1 heterocycles. The number of nitrogens with zero attached hydrogens (tertiary/aromatic N) is 1. The predicted octanol–water partition coefficient (Wildman–Crippen LogP) is 2.62. The number of rotatable bonds is 3. The van der Waals surface area contributed by atoms with E-state index in [2.05, 4.69) is 26.1 Å². The van der Waals surface area contributed by atoms with Crippen LogP contribution < -0.4 is 5.73 Å². The van der Waals surface area contributed by atoms with Crippen LogP contribution in [0.4, 0.5) is 8.78 Å². The first kappa shape index (κ1) is 12.2. The zero-order valence-corrected chi connectivity index (χ0v) is 10.4. The molecule has 0 atom stereocenters. The normalized spacial score (nSPS) is 10.8. The molecule has 17 heavy (non-hydrogen) atoms. The van der Waals surface area contributed by atoms with Crippen LogP contribution in [0.1, 0.15) is 5.69 Å². The Morgan fingerprint density at radius 2 is 2.06 bits per heavy atom. The van der Waals surface area contributed by atoms with E-state index in [1.807, 2.05) is 0 Å². The summed E-state index contributed by atoms with van der Waals surface area (Å²) in [5.74, 6) is -1.76. The van der Waals surface area contributed by atoms with Crippen molar-refractivity contribution in [2.75, 3.05) is 6.54 Å². The van der Waals surface area contributed by atoms with E-state index in [4.69, 9.17) is 5.73 Å². The van der Waals surface area contributed by atoms with Gasteiger partial charge in [-0.25, -0.2) is 8.78 Å². The first-order valence-electron chi connectivity index (χ1n) is 5.01. The van der Waals surface area contributed by atoms with Gasteiger partial charge in [-0.1, -0.05) is 0 Å². The van der Waals surface area contributed by atoms with Crippen molar-refractivity contribution in [2.45, 2.75) is 6.42 Å². The van der Waals surface area contributed by atoms with E-state index in [9.17, 15) is 8.78 Å². The Kier molecular flexibility index (Phi) is 3.54. The Morgan fingerprint density at radius 1 is 1.29 bits per heavy atom. The Morgan fingerprint density at radius 3 is 2.71 bits per heavy atom. The third-order valence-electron chi connectivity index (χ3n) is 2.36. The molecule has 6 heteroatoms. The first-order chi connectivity index (χ1) is 8.13. The van der Waals surface area contributed by atoms with Crippen LogP contribution in [0.25, 0.3) is 11.3 Å². The van der Waals surface area contributed by atoms with E-state index in [1.54, 1.807) is 0 Å². The molecule has 0 aliphatic rings. The van der Waals surface area contributed by atoms with Gasteiger partial charge in [0.15, 0.2) is 11.6 Å². The summed E-state index contributed by atoms with van der Waals surface area (Å²) in [5, 5.41) is 6.87. The Balaban J connectivity index is 2.42. The van der Waals surface area contributed by atoms with Gasteiger partial charge in [0.1, 0.15) is 5.69 Å². The van der Waals surface area contributed by atoms with Gasteiger partial charge in [0.05, 0.1) is 10.2 Å². The summed E-state index contributed by atoms with van der Waals surface area (Å²) in [5.41, 5.74) is 7.34. The van der Waals surface area contributed by atoms with Crippen LogP contribution in [0.15, 0.2) is 22.7 Å². The predicted molar refractivity (Wildman–Crippen MR) is 64.4 cm³/mol. The molecule has 0 spiro atoms. The third kappa shape index (κ3) is 2.37. The molecule has 2 rings (SSSR count). The summed E-state index contributed by atoms with van der Waals surface area (Å²) >= 11 is 3.37. The van der Waals surface area contributed by atoms with Crippen molar-refractivity contribution in [1.82, 2.24) is 10.2 Å². The van der Waals surface area contributed by atoms with Gasteiger partial charge >= 0.3 is 0 Å². The number of hydrogen-bond donors (Lipinski definition) is 2. The minimum Gasteiger partial charge on any atom is -0.330 e. The second-order valence-corrected chi connectivity index (χ2v) is 4.33. The van der Waals surface area contributed by atoms with Crippen molar-refractivity contribution in [3.05, 3.63) is 40.0 Å². The van der Waals surface area contributed by atoms with Gasteiger partial charge in [0.25, 0.3) is 0 Å². The van der Waals surface area contributed by atoms with Crippen LogP contribution >= 0.6 is 15.9 Å². The SMILES string of the molecule is NCCc1[nH]nc(-c2ccc(F)c(F)c2)c1Br. The summed E-state index contributed by atoms with van der Waals surface area (Å²) in [4.78, 5) is 0. The number of halogens is 3. The fourth-order valence-corrected chi connectivity index (χ4v) is 2.11. The van der Waals surface area contributed by atoms with Gasteiger partial charge in [-0.3, -0.25) is 5.10 Å². The Hall–Kier alpha value is -1.27. The Labute approximate surface area is 105 Å². The summed E-state index contributed by atoms with van der Waals surface area (Å²) in [6, 6.07) is 3.67. The quantitative estimate of drug-likeness (QED) is 0.915. The highest BCUT2D eigenvalue weighted by Crippen LogP contribution is 2.29. The van der Waals surface area contributed by atoms with E-state index in [0.717, 1.165) is 22.3 Å². The highest BCUT2D eigenvalue weighted by Gasteiger charge is 2.13. The van der Waals surface area contributed by atoms with Crippen molar-refractivity contribution in [1.29, 1.82) is 0 Å². The second kappa shape index (κ2) is 4.93. The summed E-state index contributed by atoms with van der Waals surface area (Å²) in [7, 11) is 0. The largest absolute Gasteiger partial charge is 0.330 e. The number of nitrogens with two attached hydrogens (primary N) is 1. The van der Waals surface area contributed by atoms with Crippen molar-refractivity contribution in [2.24, 2.45) is 5.73 Å². The fourth-order valence-electron chi connectivity index (χ4n) is 1.51. The molecule has 0 fully saturated rings. The van der Waals surface area contributed by atoms with E-state index >= 15 is 0 Å². The van der Waals surface area contributed by atoms with Gasteiger partial charge in [0, 0.05) is 12.0 Å². The van der Waals surface area contributed by atoms with Gasteiger partial charge in [-0.05, 0) is 40.7 Å². The number of aromatic nitrogens is 2. The van der Waals surface area contributed by atoms with E-state index in [0.29, 0.717) is 24.2 Å². The third-order valence-corrected chi connectivity index (χ3v) is 3.22. The lowest BCUT2D eigenvalue weighted by atomic mass is 10.1. The van der Waals surface area contributed by atoms with Gasteiger partial charge in [0.2, 0.25) is 0 Å². The molecule has 3 N–H and O–H groups in total. The van der Waals surface area contributed by atoms with Gasteiger partial charge < -0.3 is 5.73 Å². The fraction of sp³-hybridized carbons (Fsp3) is 0.182. The topological polar surface area (TPSA) is 54.7 Å². The smallest absolute Gasteiger partial charge is 0.159 e. The molecule has 0 aliphatic carbocycles. The first-order valence-corrected chi connectivity index (χ1v) is 5.81. The van der Waals surface area contributed by atoms with Crippen molar-refractivity contribution in [3.63, 3.8) is 0 Å². The summed E-state index contributed by atoms with van der Waals surface area (Å²) in [6.07, 6.45) is 0.636. The zero-order valence-electron chi connectivity index (χ0n) is 8.80. The number of aromatic amines is 1. The minimum absolute atomic E-state index is 0.484. The van der Waals surface area contributed by atoms with Crippen LogP contribution in [0, 0.1) is 11.6 Å². The van der Waals surface area contributed by atoms with Crippen LogP contribution in [0.5, 0.6) is 0 Å². The molecule has 0 radical (unpaired) electrons. The molecular weight excluding hydrogens is 292 g/mol. The maximum absolute atomic E-state index is 13.1. The lowest BCUT2D eigenvalue weighted by Crippen LogP contribution is -2.03. The van der Waals surface area contributed by atoms with Crippen LogP contribution in [-0.4, -0.2) is 16.7 Å². The lowest BCUT2D eigenvalue weighted by Gasteiger charge is -1.99. The molecular formula is C11H10BrF2N3. The molecule has 0 aliphatic heterocycles. The molecule has 1 aromatic carbocycles. The molecule has 90 valence electrons. The standard InChI is InChI=1S/C11H10BrF2N3/c12-10-9(3-4-15)16-17-11(10)6-1-2-7(13)8(14)5-6/h1-2,5H,3-4,15H2,(H,16,17). The molecule has 0 bridgehead atoms. The molecule has 2 aromatic rings. The van der Waals surface area contributed by atoms with Crippen LogP contribution in [0.2, 0.25) is 0 Å². The van der Waals surface area contributed by atoms with Crippen LogP contribution in [-0.2, 0) is 6.42 Å². The van der Waals surface area contributed by atoms with Gasteiger partial charge in [-0.2, -0.15) is 5.10 Å². The van der Waals surface area contributed by atoms with Crippen LogP contribution in [0.3, 0.4) is 0 Å². The molecule has 0 saturated heterocycles. The maximum Gasteiger partial charge on any atom is 0.159 e. The minimum atomic E-state index is -0.891. The number of hydrogen-bond acceptors (Lipinski definition) is 2. The average Bonchev–Trinajstić information content (AvgIpc) is 2.66. The summed E-state index contributed by atoms with van der Waals surface area (Å²) < 4.78 is 26.6. The van der Waals surface area contributed by atoms with Crippen molar-refractivity contribution in [3.8, 4) is 11.3 Å².